The molecule has 0 unspecified atom stereocenters. The van der Waals surface area contributed by atoms with E-state index in [0.29, 0.717) is 6.54 Å². The molecule has 1 aliphatic rings. The number of guanidine groups is 1. The molecule has 7 heteroatoms. The van der Waals surface area contributed by atoms with Crippen molar-refractivity contribution in [3.8, 4) is 5.75 Å². The van der Waals surface area contributed by atoms with E-state index in [1.165, 1.54) is 11.1 Å². The van der Waals surface area contributed by atoms with Gasteiger partial charge >= 0.3 is 0 Å². The third kappa shape index (κ3) is 5.32. The van der Waals surface area contributed by atoms with E-state index in [1.54, 1.807) is 18.4 Å². The van der Waals surface area contributed by atoms with E-state index in [9.17, 15) is 0 Å². The first-order valence-electron chi connectivity index (χ1n) is 10.6. The molecule has 164 valence electrons. The van der Waals surface area contributed by atoms with Crippen molar-refractivity contribution in [2.45, 2.75) is 45.6 Å². The average Bonchev–Trinajstić information content (AvgIpc) is 3.16. The van der Waals surface area contributed by atoms with Crippen LogP contribution < -0.4 is 10.1 Å². The minimum absolute atomic E-state index is 0.0889. The van der Waals surface area contributed by atoms with Crippen LogP contribution in [0.4, 0.5) is 0 Å². The summed E-state index contributed by atoms with van der Waals surface area (Å²) >= 11 is 1.68. The van der Waals surface area contributed by atoms with Gasteiger partial charge in [-0.3, -0.25) is 4.99 Å². The number of aliphatic imine (C=N–C) groups is 1. The Bertz CT molecular complexity index is 859. The Morgan fingerprint density at radius 3 is 2.73 bits per heavy atom. The smallest absolute Gasteiger partial charge is 0.194 e. The summed E-state index contributed by atoms with van der Waals surface area (Å²) in [4.78, 5) is 11.8. The van der Waals surface area contributed by atoms with Crippen LogP contribution in [0.25, 0.3) is 0 Å². The van der Waals surface area contributed by atoms with Crippen molar-refractivity contribution in [1.82, 2.24) is 15.2 Å². The van der Waals surface area contributed by atoms with Crippen LogP contribution in [0.3, 0.4) is 0 Å². The van der Waals surface area contributed by atoms with E-state index in [-0.39, 0.29) is 5.41 Å². The van der Waals surface area contributed by atoms with Crippen LogP contribution in [0.2, 0.25) is 0 Å². The summed E-state index contributed by atoms with van der Waals surface area (Å²) in [6, 6.07) is 6.44. The molecule has 3 rings (SSSR count). The number of nitrogens with one attached hydrogen (secondary N) is 1. The van der Waals surface area contributed by atoms with Crippen molar-refractivity contribution in [3.63, 3.8) is 0 Å². The summed E-state index contributed by atoms with van der Waals surface area (Å²) in [5.41, 5.74) is 3.47. The van der Waals surface area contributed by atoms with Crippen LogP contribution in [0.1, 0.15) is 41.6 Å². The van der Waals surface area contributed by atoms with Crippen molar-refractivity contribution in [2.75, 3.05) is 40.5 Å². The molecule has 1 aromatic heterocycles. The van der Waals surface area contributed by atoms with Crippen molar-refractivity contribution in [1.29, 1.82) is 0 Å². The zero-order valence-electron chi connectivity index (χ0n) is 18.8. The van der Waals surface area contributed by atoms with Gasteiger partial charge in [0.1, 0.15) is 5.75 Å². The van der Waals surface area contributed by atoms with Crippen LogP contribution in [0.5, 0.6) is 5.75 Å². The van der Waals surface area contributed by atoms with Crippen LogP contribution in [0, 0.1) is 13.8 Å². The molecule has 1 aliphatic heterocycles. The SMILES string of the molecule is CCNC(=NCC1(c2cc(C)ccc2OC)CCOCC1)N(C)Cc1csc(C)n1. The van der Waals surface area contributed by atoms with Crippen LogP contribution in [0.15, 0.2) is 28.6 Å². The maximum atomic E-state index is 5.74. The second-order valence-corrected chi connectivity index (χ2v) is 9.04. The zero-order valence-corrected chi connectivity index (χ0v) is 19.6. The second kappa shape index (κ2) is 10.3. The van der Waals surface area contributed by atoms with E-state index in [2.05, 4.69) is 59.7 Å². The molecule has 0 aliphatic carbocycles. The summed E-state index contributed by atoms with van der Waals surface area (Å²) in [5, 5.41) is 6.66. The van der Waals surface area contributed by atoms with Crippen LogP contribution in [-0.2, 0) is 16.7 Å². The van der Waals surface area contributed by atoms with E-state index < -0.39 is 0 Å². The number of hydrogen-bond acceptors (Lipinski definition) is 5. The van der Waals surface area contributed by atoms with Gasteiger partial charge in [0.25, 0.3) is 0 Å². The quantitative estimate of drug-likeness (QED) is 0.533. The Kier molecular flexibility index (Phi) is 7.72. The Morgan fingerprint density at radius 1 is 1.33 bits per heavy atom. The lowest BCUT2D eigenvalue weighted by Gasteiger charge is -2.38. The number of methoxy groups -OCH3 is 1. The molecule has 1 aromatic carbocycles. The number of benzene rings is 1. The number of aromatic nitrogens is 1. The number of hydrogen-bond donors (Lipinski definition) is 1. The van der Waals surface area contributed by atoms with Gasteiger partial charge < -0.3 is 19.7 Å². The molecule has 0 amide bonds. The third-order valence-electron chi connectivity index (χ3n) is 5.67. The van der Waals surface area contributed by atoms with Crippen LogP contribution in [-0.4, -0.2) is 56.3 Å². The number of ether oxygens (including phenoxy) is 2. The van der Waals surface area contributed by atoms with Crippen molar-refractivity contribution in [2.24, 2.45) is 4.99 Å². The molecule has 0 bridgehead atoms. The monoisotopic (exact) mass is 430 g/mol. The van der Waals surface area contributed by atoms with Gasteiger partial charge in [-0.25, -0.2) is 4.98 Å². The van der Waals surface area contributed by atoms with Crippen LogP contribution >= 0.6 is 11.3 Å². The molecule has 0 radical (unpaired) electrons. The summed E-state index contributed by atoms with van der Waals surface area (Å²) in [7, 11) is 3.82. The van der Waals surface area contributed by atoms with Crippen molar-refractivity contribution >= 4 is 17.3 Å². The molecule has 2 aromatic rings. The number of nitrogens with zero attached hydrogens (tertiary/aromatic N) is 3. The molecule has 2 heterocycles. The molecule has 0 saturated carbocycles. The van der Waals surface area contributed by atoms with Gasteiger partial charge in [-0.15, -0.1) is 11.3 Å². The van der Waals surface area contributed by atoms with Gasteiger partial charge in [0, 0.05) is 43.2 Å². The third-order valence-corrected chi connectivity index (χ3v) is 6.49. The van der Waals surface area contributed by atoms with Gasteiger partial charge in [0.05, 0.1) is 30.9 Å². The Hall–Kier alpha value is -2.12. The van der Waals surface area contributed by atoms with Crippen molar-refractivity contribution in [3.05, 3.63) is 45.4 Å². The highest BCUT2D eigenvalue weighted by Gasteiger charge is 2.37. The predicted molar refractivity (Wildman–Crippen MR) is 124 cm³/mol. The van der Waals surface area contributed by atoms with Gasteiger partial charge in [-0.2, -0.15) is 0 Å². The average molecular weight is 431 g/mol. The van der Waals surface area contributed by atoms with Gasteiger partial charge in [-0.1, -0.05) is 17.7 Å². The zero-order chi connectivity index (χ0) is 21.6. The lowest BCUT2D eigenvalue weighted by Crippen LogP contribution is -2.42. The molecular formula is C23H34N4O2S. The van der Waals surface area contributed by atoms with E-state index in [0.717, 1.165) is 61.6 Å². The van der Waals surface area contributed by atoms with Gasteiger partial charge in [-0.05, 0) is 39.7 Å². The minimum Gasteiger partial charge on any atom is -0.496 e. The fraction of sp³-hybridized carbons (Fsp3) is 0.565. The van der Waals surface area contributed by atoms with Gasteiger partial charge in [0.15, 0.2) is 5.96 Å². The molecule has 1 saturated heterocycles. The molecule has 6 nitrogen and oxygen atoms in total. The summed E-state index contributed by atoms with van der Waals surface area (Å²) in [6.45, 7) is 10.0. The van der Waals surface area contributed by atoms with E-state index in [1.807, 2.05) is 6.92 Å². The topological polar surface area (TPSA) is 59.0 Å². The standard InChI is InChI=1S/C23H34N4O2S/c1-6-24-22(27(4)14-19-15-30-18(3)26-19)25-16-23(9-11-29-12-10-23)20-13-17(2)7-8-21(20)28-5/h7-8,13,15H,6,9-12,14,16H2,1-5H3,(H,24,25). The minimum atomic E-state index is -0.0889. The fourth-order valence-corrected chi connectivity index (χ4v) is 4.61. The Labute approximate surface area is 184 Å². The predicted octanol–water partition coefficient (Wildman–Crippen LogP) is 3.91. The first-order valence-corrected chi connectivity index (χ1v) is 11.5. The fourth-order valence-electron chi connectivity index (χ4n) is 4.01. The second-order valence-electron chi connectivity index (χ2n) is 7.98. The highest BCUT2D eigenvalue weighted by atomic mass is 32.1. The number of aryl methyl sites for hydroxylation is 2. The molecule has 1 N–H and O–H groups in total. The molecular weight excluding hydrogens is 396 g/mol. The highest BCUT2D eigenvalue weighted by molar-refractivity contribution is 7.09. The molecule has 0 spiro atoms. The number of rotatable bonds is 7. The van der Waals surface area contributed by atoms with Gasteiger partial charge in [0.2, 0.25) is 0 Å². The first-order chi connectivity index (χ1) is 14.5. The first kappa shape index (κ1) is 22.6. The summed E-state index contributed by atoms with van der Waals surface area (Å²) < 4.78 is 11.4. The van der Waals surface area contributed by atoms with E-state index in [4.69, 9.17) is 14.5 Å². The molecule has 0 atom stereocenters. The maximum Gasteiger partial charge on any atom is 0.194 e. The Balaban J connectivity index is 1.88. The molecule has 1 fully saturated rings. The Morgan fingerprint density at radius 2 is 2.10 bits per heavy atom. The normalized spacial score (nSPS) is 16.4. The molecule has 30 heavy (non-hydrogen) atoms. The lowest BCUT2D eigenvalue weighted by molar-refractivity contribution is 0.0522. The summed E-state index contributed by atoms with van der Waals surface area (Å²) in [6.07, 6.45) is 1.87. The van der Waals surface area contributed by atoms with E-state index >= 15 is 0 Å². The number of thiazole rings is 1. The maximum absolute atomic E-state index is 5.74. The lowest BCUT2D eigenvalue weighted by atomic mass is 9.73. The van der Waals surface area contributed by atoms with Crippen molar-refractivity contribution < 1.29 is 9.47 Å². The summed E-state index contributed by atoms with van der Waals surface area (Å²) in [5.74, 6) is 1.84. The largest absolute Gasteiger partial charge is 0.496 e. The highest BCUT2D eigenvalue weighted by Crippen LogP contribution is 2.40.